The average Bonchev–Trinajstić information content (AvgIpc) is 2.93. The van der Waals surface area contributed by atoms with Crippen LogP contribution in [0.15, 0.2) is 22.7 Å². The number of thiazole rings is 1. The smallest absolute Gasteiger partial charge is 0.321 e. The number of hydrogen-bond acceptors (Lipinski definition) is 6. The van der Waals surface area contributed by atoms with Gasteiger partial charge in [-0.05, 0) is 30.5 Å². The van der Waals surface area contributed by atoms with Gasteiger partial charge in [-0.1, -0.05) is 41.1 Å². The number of carboxylic acids is 2. The average molecular weight is 458 g/mol. The Morgan fingerprint density at radius 1 is 1.19 bits per heavy atom. The van der Waals surface area contributed by atoms with Crippen LogP contribution in [-0.2, 0) is 14.4 Å². The SMILES string of the molecule is CC(C)CC(NC(CC(=O)Nc1nc2ccc(Br)cc2s1)C(=O)O)C(=O)O. The highest BCUT2D eigenvalue weighted by atomic mass is 79.9. The molecule has 0 aliphatic rings. The third kappa shape index (κ3) is 6.26. The molecule has 1 amide bonds. The fraction of sp³-hybridized carbons (Fsp3) is 0.412. The number of anilines is 1. The van der Waals surface area contributed by atoms with E-state index in [1.54, 1.807) is 6.07 Å². The van der Waals surface area contributed by atoms with Crippen molar-refractivity contribution in [2.75, 3.05) is 5.32 Å². The summed E-state index contributed by atoms with van der Waals surface area (Å²) in [5.41, 5.74) is 0.717. The lowest BCUT2D eigenvalue weighted by Crippen LogP contribution is -2.49. The fourth-order valence-corrected chi connectivity index (χ4v) is 3.91. The maximum Gasteiger partial charge on any atom is 0.321 e. The number of amides is 1. The van der Waals surface area contributed by atoms with E-state index >= 15 is 0 Å². The molecule has 0 saturated heterocycles. The van der Waals surface area contributed by atoms with Gasteiger partial charge in [-0.25, -0.2) is 4.98 Å². The van der Waals surface area contributed by atoms with Crippen molar-refractivity contribution < 1.29 is 24.6 Å². The van der Waals surface area contributed by atoms with Gasteiger partial charge in [0.2, 0.25) is 5.91 Å². The summed E-state index contributed by atoms with van der Waals surface area (Å²) in [4.78, 5) is 39.3. The van der Waals surface area contributed by atoms with Crippen LogP contribution in [0.1, 0.15) is 26.7 Å². The van der Waals surface area contributed by atoms with E-state index in [1.807, 2.05) is 26.0 Å². The molecule has 0 aliphatic carbocycles. The molecule has 0 saturated carbocycles. The van der Waals surface area contributed by atoms with Gasteiger partial charge in [0.25, 0.3) is 0 Å². The summed E-state index contributed by atoms with van der Waals surface area (Å²) in [6, 6.07) is 3.15. The van der Waals surface area contributed by atoms with Crippen LogP contribution < -0.4 is 10.6 Å². The van der Waals surface area contributed by atoms with Crippen molar-refractivity contribution in [2.24, 2.45) is 5.92 Å². The number of nitrogens with zero attached hydrogens (tertiary/aromatic N) is 1. The molecule has 1 heterocycles. The lowest BCUT2D eigenvalue weighted by molar-refractivity contribution is -0.144. The van der Waals surface area contributed by atoms with Crippen LogP contribution in [0.5, 0.6) is 0 Å². The van der Waals surface area contributed by atoms with Gasteiger partial charge in [0.1, 0.15) is 12.1 Å². The highest BCUT2D eigenvalue weighted by molar-refractivity contribution is 9.10. The van der Waals surface area contributed by atoms with E-state index in [-0.39, 0.29) is 12.3 Å². The van der Waals surface area contributed by atoms with Gasteiger partial charge >= 0.3 is 11.9 Å². The van der Waals surface area contributed by atoms with Crippen molar-refractivity contribution in [3.63, 3.8) is 0 Å². The topological polar surface area (TPSA) is 129 Å². The number of hydrogen-bond donors (Lipinski definition) is 4. The molecule has 1 aromatic heterocycles. The van der Waals surface area contributed by atoms with Gasteiger partial charge in [0.15, 0.2) is 5.13 Å². The van der Waals surface area contributed by atoms with Crippen molar-refractivity contribution in [1.29, 1.82) is 0 Å². The first-order valence-electron chi connectivity index (χ1n) is 8.23. The minimum Gasteiger partial charge on any atom is -0.480 e. The molecular formula is C17H20BrN3O5S. The van der Waals surface area contributed by atoms with Crippen LogP contribution in [0.25, 0.3) is 10.2 Å². The monoisotopic (exact) mass is 457 g/mol. The number of aliphatic carboxylic acids is 2. The van der Waals surface area contributed by atoms with Crippen molar-refractivity contribution in [3.05, 3.63) is 22.7 Å². The van der Waals surface area contributed by atoms with E-state index in [0.29, 0.717) is 10.6 Å². The minimum atomic E-state index is -1.31. The Morgan fingerprint density at radius 2 is 1.85 bits per heavy atom. The lowest BCUT2D eigenvalue weighted by Gasteiger charge is -2.21. The maximum atomic E-state index is 12.2. The molecule has 27 heavy (non-hydrogen) atoms. The maximum absolute atomic E-state index is 12.2. The normalized spacial score (nSPS) is 13.5. The van der Waals surface area contributed by atoms with Crippen LogP contribution in [-0.4, -0.2) is 45.1 Å². The summed E-state index contributed by atoms with van der Waals surface area (Å²) in [6.45, 7) is 3.68. The fourth-order valence-electron chi connectivity index (χ4n) is 2.48. The summed E-state index contributed by atoms with van der Waals surface area (Å²) in [6.07, 6.45) is -0.149. The van der Waals surface area contributed by atoms with Crippen LogP contribution in [0, 0.1) is 5.92 Å². The van der Waals surface area contributed by atoms with E-state index in [9.17, 15) is 24.6 Å². The molecule has 0 spiro atoms. The van der Waals surface area contributed by atoms with Gasteiger partial charge in [-0.2, -0.15) is 0 Å². The van der Waals surface area contributed by atoms with Crippen LogP contribution >= 0.6 is 27.3 Å². The standard InChI is InChI=1S/C17H20BrN3O5S/c1-8(2)5-11(15(23)24)19-12(16(25)26)7-14(22)21-17-20-10-4-3-9(18)6-13(10)27-17/h3-4,6,8,11-12,19H,5,7H2,1-2H3,(H,23,24)(H,25,26)(H,20,21,22). The Hall–Kier alpha value is -2.04. The predicted molar refractivity (Wildman–Crippen MR) is 106 cm³/mol. The molecular weight excluding hydrogens is 438 g/mol. The summed E-state index contributed by atoms with van der Waals surface area (Å²) >= 11 is 4.63. The molecule has 2 rings (SSSR count). The molecule has 146 valence electrons. The number of nitrogens with one attached hydrogen (secondary N) is 2. The Bertz CT molecular complexity index is 854. The largest absolute Gasteiger partial charge is 0.480 e. The number of benzene rings is 1. The molecule has 1 aromatic carbocycles. The Kier molecular flexibility index (Phi) is 7.28. The Labute approximate surface area is 168 Å². The number of halogens is 1. The summed E-state index contributed by atoms with van der Waals surface area (Å²) in [5.74, 6) is -2.92. The second kappa shape index (κ2) is 9.25. The second-order valence-corrected chi connectivity index (χ2v) is 8.41. The number of rotatable bonds is 9. The molecule has 0 aliphatic heterocycles. The number of carbonyl (C=O) groups excluding carboxylic acids is 1. The minimum absolute atomic E-state index is 0.0592. The van der Waals surface area contributed by atoms with Crippen molar-refractivity contribution >= 4 is 60.5 Å². The Balaban J connectivity index is 2.04. The first-order valence-corrected chi connectivity index (χ1v) is 9.84. The van der Waals surface area contributed by atoms with Crippen molar-refractivity contribution in [2.45, 2.75) is 38.8 Å². The number of carbonyl (C=O) groups is 3. The predicted octanol–water partition coefficient (Wildman–Crippen LogP) is 2.93. The zero-order valence-electron chi connectivity index (χ0n) is 14.7. The van der Waals surface area contributed by atoms with Crippen LogP contribution in [0.2, 0.25) is 0 Å². The van der Waals surface area contributed by atoms with E-state index in [4.69, 9.17) is 0 Å². The van der Waals surface area contributed by atoms with E-state index < -0.39 is 36.4 Å². The first-order chi connectivity index (χ1) is 12.7. The molecule has 0 radical (unpaired) electrons. The zero-order valence-corrected chi connectivity index (χ0v) is 17.1. The summed E-state index contributed by atoms with van der Waals surface area (Å²) < 4.78 is 1.76. The molecule has 4 N–H and O–H groups in total. The van der Waals surface area contributed by atoms with Crippen molar-refractivity contribution in [1.82, 2.24) is 10.3 Å². The summed E-state index contributed by atoms with van der Waals surface area (Å²) in [7, 11) is 0. The second-order valence-electron chi connectivity index (χ2n) is 6.46. The number of carboxylic acid groups (broad SMARTS) is 2. The number of fused-ring (bicyclic) bond motifs is 1. The van der Waals surface area contributed by atoms with Gasteiger partial charge in [-0.15, -0.1) is 0 Å². The van der Waals surface area contributed by atoms with Crippen molar-refractivity contribution in [3.8, 4) is 0 Å². The Morgan fingerprint density at radius 3 is 2.44 bits per heavy atom. The van der Waals surface area contributed by atoms with E-state index in [2.05, 4.69) is 31.5 Å². The highest BCUT2D eigenvalue weighted by Gasteiger charge is 2.28. The molecule has 8 nitrogen and oxygen atoms in total. The third-order valence-corrected chi connectivity index (χ3v) is 5.12. The lowest BCUT2D eigenvalue weighted by atomic mass is 10.0. The molecule has 2 atom stereocenters. The van der Waals surface area contributed by atoms with E-state index in [0.717, 1.165) is 9.17 Å². The zero-order chi connectivity index (χ0) is 20.1. The molecule has 10 heteroatoms. The van der Waals surface area contributed by atoms with Gasteiger partial charge in [-0.3, -0.25) is 19.7 Å². The first kappa shape index (κ1) is 21.3. The van der Waals surface area contributed by atoms with E-state index in [1.165, 1.54) is 11.3 Å². The van der Waals surface area contributed by atoms with Gasteiger partial charge < -0.3 is 15.5 Å². The highest BCUT2D eigenvalue weighted by Crippen LogP contribution is 2.28. The van der Waals surface area contributed by atoms with Gasteiger partial charge in [0.05, 0.1) is 16.6 Å². The summed E-state index contributed by atoms with van der Waals surface area (Å²) in [5, 5.41) is 24.1. The van der Waals surface area contributed by atoms with Crippen LogP contribution in [0.4, 0.5) is 5.13 Å². The van der Waals surface area contributed by atoms with Crippen LogP contribution in [0.3, 0.4) is 0 Å². The quantitative estimate of drug-likeness (QED) is 0.455. The molecule has 2 unspecified atom stereocenters. The van der Waals surface area contributed by atoms with Gasteiger partial charge in [0, 0.05) is 4.47 Å². The number of aromatic nitrogens is 1. The molecule has 0 fully saturated rings. The molecule has 2 aromatic rings. The third-order valence-electron chi connectivity index (χ3n) is 3.69. The molecule has 0 bridgehead atoms.